The van der Waals surface area contributed by atoms with E-state index < -0.39 is 0 Å². The van der Waals surface area contributed by atoms with E-state index in [0.29, 0.717) is 6.61 Å². The van der Waals surface area contributed by atoms with Gasteiger partial charge < -0.3 is 13.8 Å². The molecule has 1 unspecified atom stereocenters. The quantitative estimate of drug-likeness (QED) is 0.614. The monoisotopic (exact) mass is 301 g/mol. The molecular weight excluding hydrogens is 282 g/mol. The molecule has 0 spiro atoms. The maximum atomic E-state index is 5.61. The molecule has 2 heterocycles. The van der Waals surface area contributed by atoms with E-state index in [2.05, 4.69) is 52.9 Å². The smallest absolute Gasteiger partial charge is 0.158 e. The fourth-order valence-corrected chi connectivity index (χ4v) is 3.09. The third-order valence-electron chi connectivity index (χ3n) is 3.55. The lowest BCUT2D eigenvalue weighted by atomic mass is 10.1. The molecule has 110 valence electrons. The van der Waals surface area contributed by atoms with Crippen LogP contribution in [0.4, 0.5) is 5.69 Å². The van der Waals surface area contributed by atoms with Crippen LogP contribution in [0.3, 0.4) is 0 Å². The van der Waals surface area contributed by atoms with Gasteiger partial charge in [0.25, 0.3) is 0 Å². The van der Waals surface area contributed by atoms with Crippen molar-refractivity contribution in [2.45, 2.75) is 25.6 Å². The second-order valence-electron chi connectivity index (χ2n) is 5.09. The number of rotatable bonds is 2. The molecule has 1 atom stereocenters. The summed E-state index contributed by atoms with van der Waals surface area (Å²) >= 11 is 1.69. The van der Waals surface area contributed by atoms with Gasteiger partial charge in [0.1, 0.15) is 6.61 Å². The Morgan fingerprint density at radius 2 is 2.38 bits per heavy atom. The fraction of sp³-hybridized carbons (Fsp3) is 0.412. The van der Waals surface area contributed by atoms with Crippen molar-refractivity contribution >= 4 is 23.7 Å². The lowest BCUT2D eigenvalue weighted by Gasteiger charge is -2.22. The summed E-state index contributed by atoms with van der Waals surface area (Å²) in [6, 6.07) is 6.28. The zero-order chi connectivity index (χ0) is 14.5. The standard InChI is InChI=1S/C17H19NO2S/c1-18-16-8-7-14(13-15(16)9-12-21-18)5-4-11-20-17-6-2-3-10-19-17/h7-9,12-13,17H,2-3,6,10-11H2,1H3. The molecule has 1 aromatic rings. The number of hydrogen-bond acceptors (Lipinski definition) is 4. The fourth-order valence-electron chi connectivity index (χ4n) is 2.42. The highest BCUT2D eigenvalue weighted by molar-refractivity contribution is 8.03. The predicted molar refractivity (Wildman–Crippen MR) is 87.9 cm³/mol. The number of benzene rings is 1. The van der Waals surface area contributed by atoms with E-state index in [-0.39, 0.29) is 6.29 Å². The number of anilines is 1. The number of fused-ring (bicyclic) bond motifs is 1. The van der Waals surface area contributed by atoms with E-state index in [1.807, 2.05) is 0 Å². The van der Waals surface area contributed by atoms with Crippen molar-refractivity contribution in [3.63, 3.8) is 0 Å². The van der Waals surface area contributed by atoms with Crippen LogP contribution in [0.1, 0.15) is 30.4 Å². The molecule has 0 saturated carbocycles. The van der Waals surface area contributed by atoms with Gasteiger partial charge in [0.15, 0.2) is 6.29 Å². The Morgan fingerprint density at radius 1 is 1.43 bits per heavy atom. The molecule has 4 heteroatoms. The van der Waals surface area contributed by atoms with Crippen LogP contribution in [0.15, 0.2) is 23.6 Å². The molecular formula is C17H19NO2S. The van der Waals surface area contributed by atoms with Crippen molar-refractivity contribution in [1.29, 1.82) is 0 Å². The van der Waals surface area contributed by atoms with Gasteiger partial charge in [-0.05, 0) is 60.9 Å². The van der Waals surface area contributed by atoms with Crippen LogP contribution in [0.25, 0.3) is 6.08 Å². The summed E-state index contributed by atoms with van der Waals surface area (Å²) in [5.41, 5.74) is 3.45. The van der Waals surface area contributed by atoms with Gasteiger partial charge in [0.2, 0.25) is 0 Å². The third-order valence-corrected chi connectivity index (χ3v) is 4.32. The Kier molecular flexibility index (Phi) is 4.87. The molecule has 0 bridgehead atoms. The first-order valence-corrected chi connectivity index (χ1v) is 8.10. The Bertz CT molecular complexity index is 582. The van der Waals surface area contributed by atoms with Gasteiger partial charge in [-0.25, -0.2) is 0 Å². The predicted octanol–water partition coefficient (Wildman–Crippen LogP) is 3.65. The molecule has 0 radical (unpaired) electrons. The molecule has 1 fully saturated rings. The normalized spacial score (nSPS) is 20.6. The first-order valence-electron chi connectivity index (χ1n) is 7.26. The van der Waals surface area contributed by atoms with Crippen LogP contribution in [0.2, 0.25) is 0 Å². The molecule has 3 rings (SSSR count). The van der Waals surface area contributed by atoms with E-state index in [0.717, 1.165) is 25.0 Å². The highest BCUT2D eigenvalue weighted by Gasteiger charge is 2.13. The maximum Gasteiger partial charge on any atom is 0.158 e. The van der Waals surface area contributed by atoms with Crippen LogP contribution in [-0.2, 0) is 9.47 Å². The first-order chi connectivity index (χ1) is 10.3. The van der Waals surface area contributed by atoms with E-state index in [1.54, 1.807) is 11.9 Å². The molecule has 2 aliphatic heterocycles. The minimum Gasteiger partial charge on any atom is -0.353 e. The Balaban J connectivity index is 1.58. The lowest BCUT2D eigenvalue weighted by molar-refractivity contribution is -0.154. The largest absolute Gasteiger partial charge is 0.353 e. The summed E-state index contributed by atoms with van der Waals surface area (Å²) < 4.78 is 13.3. The van der Waals surface area contributed by atoms with Gasteiger partial charge in [-0.1, -0.05) is 11.8 Å². The van der Waals surface area contributed by atoms with Gasteiger partial charge >= 0.3 is 0 Å². The second-order valence-corrected chi connectivity index (χ2v) is 6.12. The van der Waals surface area contributed by atoms with Crippen LogP contribution in [0.5, 0.6) is 0 Å². The van der Waals surface area contributed by atoms with E-state index >= 15 is 0 Å². The van der Waals surface area contributed by atoms with Gasteiger partial charge in [-0.15, -0.1) is 0 Å². The maximum absolute atomic E-state index is 5.61. The minimum absolute atomic E-state index is 0.0646. The number of nitrogens with zero attached hydrogens (tertiary/aromatic N) is 1. The molecule has 0 aromatic heterocycles. The second kappa shape index (κ2) is 7.04. The molecule has 1 saturated heterocycles. The summed E-state index contributed by atoms with van der Waals surface area (Å²) in [5.74, 6) is 6.23. The Labute approximate surface area is 130 Å². The van der Waals surface area contributed by atoms with Crippen molar-refractivity contribution in [1.82, 2.24) is 0 Å². The minimum atomic E-state index is -0.0646. The summed E-state index contributed by atoms with van der Waals surface area (Å²) in [4.78, 5) is 0. The number of hydrogen-bond donors (Lipinski definition) is 0. The van der Waals surface area contributed by atoms with Crippen molar-refractivity contribution in [2.75, 3.05) is 24.6 Å². The Morgan fingerprint density at radius 3 is 3.24 bits per heavy atom. The van der Waals surface area contributed by atoms with Crippen molar-refractivity contribution in [2.24, 2.45) is 0 Å². The average Bonchev–Trinajstić information content (AvgIpc) is 2.53. The average molecular weight is 301 g/mol. The lowest BCUT2D eigenvalue weighted by Crippen LogP contribution is -2.22. The highest BCUT2D eigenvalue weighted by Crippen LogP contribution is 2.32. The zero-order valence-electron chi connectivity index (χ0n) is 12.2. The molecule has 0 amide bonds. The number of ether oxygens (including phenoxy) is 2. The molecule has 0 aliphatic carbocycles. The summed E-state index contributed by atoms with van der Waals surface area (Å²) in [6.07, 6.45) is 5.36. The molecule has 0 N–H and O–H groups in total. The van der Waals surface area contributed by atoms with Crippen LogP contribution in [-0.4, -0.2) is 26.6 Å². The van der Waals surface area contributed by atoms with E-state index in [9.17, 15) is 0 Å². The summed E-state index contributed by atoms with van der Waals surface area (Å²) in [6.45, 7) is 1.23. The summed E-state index contributed by atoms with van der Waals surface area (Å²) in [5, 5.41) is 2.09. The Hall–Kier alpha value is -1.41. The van der Waals surface area contributed by atoms with Crippen LogP contribution < -0.4 is 4.31 Å². The first kappa shape index (κ1) is 14.5. The van der Waals surface area contributed by atoms with E-state index in [1.165, 1.54) is 17.7 Å². The van der Waals surface area contributed by atoms with E-state index in [4.69, 9.17) is 9.47 Å². The van der Waals surface area contributed by atoms with Crippen molar-refractivity contribution < 1.29 is 9.47 Å². The van der Waals surface area contributed by atoms with Crippen LogP contribution >= 0.6 is 11.9 Å². The molecule has 21 heavy (non-hydrogen) atoms. The summed E-state index contributed by atoms with van der Waals surface area (Å²) in [7, 11) is 2.07. The highest BCUT2D eigenvalue weighted by atomic mass is 32.2. The van der Waals surface area contributed by atoms with Gasteiger partial charge in [0.05, 0.1) is 5.69 Å². The van der Waals surface area contributed by atoms with Gasteiger partial charge in [-0.2, -0.15) is 0 Å². The third kappa shape index (κ3) is 3.82. The van der Waals surface area contributed by atoms with Gasteiger partial charge in [0, 0.05) is 24.8 Å². The van der Waals surface area contributed by atoms with Crippen LogP contribution in [0, 0.1) is 11.8 Å². The molecule has 1 aromatic carbocycles. The molecule has 2 aliphatic rings. The molecule has 3 nitrogen and oxygen atoms in total. The zero-order valence-corrected chi connectivity index (χ0v) is 13.0. The van der Waals surface area contributed by atoms with Crippen molar-refractivity contribution in [3.8, 4) is 11.8 Å². The van der Waals surface area contributed by atoms with Gasteiger partial charge in [-0.3, -0.25) is 0 Å². The SMILES string of the molecule is CN1SC=Cc2cc(C#CCOC3CCCCO3)ccc21. The van der Waals surface area contributed by atoms with Crippen molar-refractivity contribution in [3.05, 3.63) is 34.7 Å². The topological polar surface area (TPSA) is 21.7 Å².